The average Bonchev–Trinajstić information content (AvgIpc) is 3.15. The number of likely N-dealkylation sites (tertiary alicyclic amines) is 1. The van der Waals surface area contributed by atoms with E-state index in [9.17, 15) is 35.9 Å². The average molecular weight is 527 g/mol. The first kappa shape index (κ1) is 25.3. The normalized spacial score (nSPS) is 21.9. The van der Waals surface area contributed by atoms with Gasteiger partial charge in [-0.15, -0.1) is 0 Å². The first-order valence-corrected chi connectivity index (χ1v) is 11.6. The highest BCUT2D eigenvalue weighted by molar-refractivity contribution is 5.64. The van der Waals surface area contributed by atoms with E-state index in [1.165, 1.54) is 11.6 Å². The number of nitrogens with zero attached hydrogens (tertiary/aromatic N) is 4. The van der Waals surface area contributed by atoms with Gasteiger partial charge in [0, 0.05) is 50.1 Å². The fourth-order valence-electron chi connectivity index (χ4n) is 5.42. The third-order valence-electron chi connectivity index (χ3n) is 7.28. The molecule has 3 heterocycles. The molecule has 3 aromatic rings. The van der Waals surface area contributed by atoms with Crippen LogP contribution in [0.1, 0.15) is 29.7 Å². The van der Waals surface area contributed by atoms with Crippen LogP contribution in [0.4, 0.5) is 26.3 Å². The molecule has 5 rings (SSSR count). The van der Waals surface area contributed by atoms with Crippen molar-refractivity contribution in [2.45, 2.75) is 37.2 Å². The lowest BCUT2D eigenvalue weighted by Gasteiger charge is -2.21. The first-order chi connectivity index (χ1) is 17.3. The molecular weight excluding hydrogens is 504 g/mol. The Morgan fingerprint density at radius 1 is 1.00 bits per heavy atom. The van der Waals surface area contributed by atoms with E-state index in [0.717, 1.165) is 47.7 Å². The van der Waals surface area contributed by atoms with Gasteiger partial charge in [0.05, 0.1) is 11.1 Å². The highest BCUT2D eigenvalue weighted by Crippen LogP contribution is 2.59. The number of H-pyrrole nitrogens is 1. The van der Waals surface area contributed by atoms with Crippen LogP contribution in [0.25, 0.3) is 11.1 Å². The number of halogens is 6. The van der Waals surface area contributed by atoms with Crippen LogP contribution in [0.3, 0.4) is 0 Å². The molecule has 7 nitrogen and oxygen atoms in total. The second-order valence-electron chi connectivity index (χ2n) is 9.78. The summed E-state index contributed by atoms with van der Waals surface area (Å²) in [6.07, 6.45) is -5.56. The third-order valence-corrected chi connectivity index (χ3v) is 7.28. The van der Waals surface area contributed by atoms with Crippen molar-refractivity contribution < 1.29 is 26.3 Å². The molecule has 1 aromatic carbocycles. The van der Waals surface area contributed by atoms with E-state index in [1.807, 2.05) is 0 Å². The van der Waals surface area contributed by atoms with Crippen molar-refractivity contribution in [1.29, 1.82) is 0 Å². The number of benzene rings is 1. The van der Waals surface area contributed by atoms with Crippen LogP contribution in [-0.2, 0) is 31.4 Å². The van der Waals surface area contributed by atoms with E-state index in [2.05, 4.69) is 15.0 Å². The largest absolute Gasteiger partial charge is 0.435 e. The molecule has 1 saturated carbocycles. The fraction of sp³-hybridized carbons (Fsp3) is 0.458. The Kier molecular flexibility index (Phi) is 5.89. The van der Waals surface area contributed by atoms with Gasteiger partial charge in [-0.3, -0.25) is 19.0 Å². The van der Waals surface area contributed by atoms with Crippen LogP contribution in [-0.4, -0.2) is 43.9 Å². The van der Waals surface area contributed by atoms with Crippen LogP contribution in [0.5, 0.6) is 0 Å². The van der Waals surface area contributed by atoms with Crippen LogP contribution < -0.4 is 11.2 Å². The molecule has 2 aliphatic rings. The van der Waals surface area contributed by atoms with Crippen molar-refractivity contribution in [1.82, 2.24) is 24.2 Å². The van der Waals surface area contributed by atoms with E-state index >= 15 is 0 Å². The Hall–Kier alpha value is -3.35. The molecule has 13 heteroatoms. The Morgan fingerprint density at radius 3 is 2.35 bits per heavy atom. The molecule has 2 fully saturated rings. The molecule has 2 aromatic heterocycles. The number of hydrogen-bond acceptors (Lipinski definition) is 4. The van der Waals surface area contributed by atoms with E-state index in [4.69, 9.17) is 0 Å². The van der Waals surface area contributed by atoms with Gasteiger partial charge in [-0.2, -0.15) is 31.4 Å². The molecule has 2 atom stereocenters. The van der Waals surface area contributed by atoms with Crippen LogP contribution in [0.15, 0.2) is 46.2 Å². The summed E-state index contributed by atoms with van der Waals surface area (Å²) in [6.45, 7) is 2.20. The van der Waals surface area contributed by atoms with Gasteiger partial charge in [-0.25, -0.2) is 4.79 Å². The molecule has 0 bridgehead atoms. The number of aromatic nitrogens is 4. The number of piperidine rings is 1. The lowest BCUT2D eigenvalue weighted by Crippen LogP contribution is -2.32. The summed E-state index contributed by atoms with van der Waals surface area (Å²) in [5, 5.41) is 3.41. The molecule has 1 saturated heterocycles. The summed E-state index contributed by atoms with van der Waals surface area (Å²) < 4.78 is 80.9. The maximum absolute atomic E-state index is 13.4. The van der Waals surface area contributed by atoms with Crippen molar-refractivity contribution in [3.8, 4) is 11.1 Å². The highest BCUT2D eigenvalue weighted by Gasteiger charge is 2.60. The molecule has 37 heavy (non-hydrogen) atoms. The van der Waals surface area contributed by atoms with Gasteiger partial charge in [0.2, 0.25) is 0 Å². The molecule has 1 aliphatic heterocycles. The molecule has 198 valence electrons. The van der Waals surface area contributed by atoms with E-state index < -0.39 is 40.4 Å². The van der Waals surface area contributed by atoms with Gasteiger partial charge in [0.15, 0.2) is 5.69 Å². The minimum atomic E-state index is -4.77. The summed E-state index contributed by atoms with van der Waals surface area (Å²) in [4.78, 5) is 28.9. The Morgan fingerprint density at radius 2 is 1.70 bits per heavy atom. The zero-order valence-corrected chi connectivity index (χ0v) is 19.7. The van der Waals surface area contributed by atoms with Gasteiger partial charge in [0.25, 0.3) is 5.56 Å². The molecule has 0 amide bonds. The second-order valence-corrected chi connectivity index (χ2v) is 9.78. The fourth-order valence-corrected chi connectivity index (χ4v) is 5.42. The van der Waals surface area contributed by atoms with Crippen molar-refractivity contribution in [3.05, 3.63) is 74.3 Å². The number of rotatable bonds is 6. The summed E-state index contributed by atoms with van der Waals surface area (Å²) >= 11 is 0. The van der Waals surface area contributed by atoms with Crippen molar-refractivity contribution in [3.63, 3.8) is 0 Å². The van der Waals surface area contributed by atoms with Gasteiger partial charge in [-0.1, -0.05) is 12.1 Å². The number of hydrogen-bond donors (Lipinski definition) is 1. The maximum atomic E-state index is 13.4. The molecule has 0 spiro atoms. The minimum absolute atomic E-state index is 0.165. The summed E-state index contributed by atoms with van der Waals surface area (Å²) in [6, 6.07) is 5.30. The number of alkyl halides is 6. The lowest BCUT2D eigenvalue weighted by atomic mass is 9.94. The van der Waals surface area contributed by atoms with Gasteiger partial charge < -0.3 is 4.90 Å². The van der Waals surface area contributed by atoms with Crippen molar-refractivity contribution in [2.75, 3.05) is 19.6 Å². The highest BCUT2D eigenvalue weighted by atomic mass is 19.4. The number of nitrogens with one attached hydrogen (secondary N) is 1. The smallest absolute Gasteiger partial charge is 0.302 e. The molecule has 1 N–H and O–H groups in total. The SMILES string of the molecule is Cn1cc(-c2cn(CCCN3C[C@@H]4C[C@]4(c4ccc(C(F)(F)F)cc4)C3)c(=O)[nH]c2=O)c(C(F)(F)F)n1. The van der Waals surface area contributed by atoms with Crippen LogP contribution in [0.2, 0.25) is 0 Å². The van der Waals surface area contributed by atoms with E-state index in [1.54, 1.807) is 12.1 Å². The molecule has 0 radical (unpaired) electrons. The summed E-state index contributed by atoms with van der Waals surface area (Å²) in [7, 11) is 1.31. The van der Waals surface area contributed by atoms with Gasteiger partial charge in [-0.05, 0) is 43.0 Å². The number of aryl methyl sites for hydroxylation is 2. The quantitative estimate of drug-likeness (QED) is 0.497. The maximum Gasteiger partial charge on any atom is 0.435 e. The summed E-state index contributed by atoms with van der Waals surface area (Å²) in [5.74, 6) is 0.345. The molecule has 1 aliphatic carbocycles. The van der Waals surface area contributed by atoms with Crippen molar-refractivity contribution in [2.24, 2.45) is 13.0 Å². The second kappa shape index (κ2) is 8.61. The van der Waals surface area contributed by atoms with E-state index in [0.29, 0.717) is 25.4 Å². The summed E-state index contributed by atoms with van der Waals surface area (Å²) in [5.41, 5.74) is -3.55. The minimum Gasteiger partial charge on any atom is -0.302 e. The third kappa shape index (κ3) is 4.72. The molecular formula is C24H23F6N5O2. The predicted octanol–water partition coefficient (Wildman–Crippen LogP) is 3.64. The van der Waals surface area contributed by atoms with E-state index in [-0.39, 0.29) is 17.5 Å². The van der Waals surface area contributed by atoms with Crippen LogP contribution >= 0.6 is 0 Å². The van der Waals surface area contributed by atoms with Gasteiger partial charge >= 0.3 is 18.0 Å². The Labute approximate surface area is 206 Å². The number of fused-ring (bicyclic) bond motifs is 1. The zero-order chi connectivity index (χ0) is 26.8. The Balaban J connectivity index is 1.26. The lowest BCUT2D eigenvalue weighted by molar-refractivity contribution is -0.141. The first-order valence-electron chi connectivity index (χ1n) is 11.6. The predicted molar refractivity (Wildman–Crippen MR) is 121 cm³/mol. The number of aromatic amines is 1. The molecule has 0 unspecified atom stereocenters. The topological polar surface area (TPSA) is 75.9 Å². The van der Waals surface area contributed by atoms with Crippen LogP contribution in [0, 0.1) is 5.92 Å². The monoisotopic (exact) mass is 527 g/mol. The van der Waals surface area contributed by atoms with Gasteiger partial charge in [0.1, 0.15) is 0 Å². The standard InChI is InChI=1S/C24H23F6N5O2/c1-33-11-17(19(32-33)24(28,29)30)18-12-35(21(37)31-20(18)36)8-2-7-34-10-16-9-22(16,13-34)14-3-5-15(6-4-14)23(25,26)27/h3-6,11-12,16H,2,7-10,13H2,1H3,(H,31,36,37)/t16-,22+/m0/s1. The zero-order valence-electron chi connectivity index (χ0n) is 19.7. The van der Waals surface area contributed by atoms with Crippen molar-refractivity contribution >= 4 is 0 Å². The Bertz CT molecular complexity index is 1440.